The first-order chi connectivity index (χ1) is 7.96. The third kappa shape index (κ3) is 4.26. The van der Waals surface area contributed by atoms with Crippen LogP contribution in [0.25, 0.3) is 0 Å². The Labute approximate surface area is 107 Å². The van der Waals surface area contributed by atoms with Gasteiger partial charge in [-0.2, -0.15) is 0 Å². The van der Waals surface area contributed by atoms with Gasteiger partial charge in [0, 0.05) is 18.6 Å². The minimum absolute atomic E-state index is 0.467. The van der Waals surface area contributed by atoms with Gasteiger partial charge in [-0.25, -0.2) is 0 Å². The van der Waals surface area contributed by atoms with Gasteiger partial charge in [0.15, 0.2) is 0 Å². The summed E-state index contributed by atoms with van der Waals surface area (Å²) in [5, 5.41) is 3.76. The second kappa shape index (κ2) is 5.27. The van der Waals surface area contributed by atoms with Gasteiger partial charge in [0.25, 0.3) is 0 Å². The molecule has 1 saturated carbocycles. The highest BCUT2D eigenvalue weighted by Gasteiger charge is 2.34. The van der Waals surface area contributed by atoms with Crippen molar-refractivity contribution in [1.29, 1.82) is 0 Å². The van der Waals surface area contributed by atoms with Crippen LogP contribution in [0, 0.1) is 11.3 Å². The topological polar surface area (TPSA) is 15.3 Å². The standard InChI is InChI=1S/C15H30N2/c1-12-7-9-16-14(13-5-6-13)11-17(12)10-8-15(2,3)4/h12-14,16H,5-11H2,1-4H3. The first-order valence-electron chi connectivity index (χ1n) is 7.43. The highest BCUT2D eigenvalue weighted by atomic mass is 15.2. The molecular weight excluding hydrogens is 208 g/mol. The van der Waals surface area contributed by atoms with Crippen molar-refractivity contribution in [2.45, 2.75) is 65.5 Å². The molecule has 2 atom stereocenters. The molecule has 2 nitrogen and oxygen atoms in total. The van der Waals surface area contributed by atoms with E-state index in [-0.39, 0.29) is 0 Å². The maximum atomic E-state index is 3.76. The van der Waals surface area contributed by atoms with E-state index in [2.05, 4.69) is 37.9 Å². The fourth-order valence-electron chi connectivity index (χ4n) is 2.76. The average molecular weight is 238 g/mol. The normalized spacial score (nSPS) is 32.5. The van der Waals surface area contributed by atoms with Crippen LogP contribution in [0.3, 0.4) is 0 Å². The minimum Gasteiger partial charge on any atom is -0.312 e. The summed E-state index contributed by atoms with van der Waals surface area (Å²) in [7, 11) is 0. The molecule has 100 valence electrons. The van der Waals surface area contributed by atoms with Gasteiger partial charge in [0.05, 0.1) is 0 Å². The number of nitrogens with one attached hydrogen (secondary N) is 1. The molecule has 0 bridgehead atoms. The zero-order chi connectivity index (χ0) is 12.5. The van der Waals surface area contributed by atoms with E-state index in [1.54, 1.807) is 0 Å². The Morgan fingerprint density at radius 2 is 1.88 bits per heavy atom. The summed E-state index contributed by atoms with van der Waals surface area (Å²) in [5.74, 6) is 0.984. The van der Waals surface area contributed by atoms with Gasteiger partial charge in [0.2, 0.25) is 0 Å². The zero-order valence-corrected chi connectivity index (χ0v) is 12.1. The first-order valence-corrected chi connectivity index (χ1v) is 7.43. The van der Waals surface area contributed by atoms with Crippen LogP contribution < -0.4 is 5.32 Å². The monoisotopic (exact) mass is 238 g/mol. The van der Waals surface area contributed by atoms with Crippen LogP contribution in [0.5, 0.6) is 0 Å². The molecule has 1 aliphatic heterocycles. The molecule has 1 N–H and O–H groups in total. The van der Waals surface area contributed by atoms with Crippen molar-refractivity contribution < 1.29 is 0 Å². The van der Waals surface area contributed by atoms with Gasteiger partial charge in [-0.1, -0.05) is 20.8 Å². The van der Waals surface area contributed by atoms with Crippen LogP contribution in [0.4, 0.5) is 0 Å². The Balaban J connectivity index is 1.87. The average Bonchev–Trinajstić information content (AvgIpc) is 3.01. The van der Waals surface area contributed by atoms with Crippen molar-refractivity contribution in [3.05, 3.63) is 0 Å². The van der Waals surface area contributed by atoms with Crippen LogP contribution in [0.1, 0.15) is 53.4 Å². The summed E-state index contributed by atoms with van der Waals surface area (Å²) in [4.78, 5) is 2.73. The number of hydrogen-bond acceptors (Lipinski definition) is 2. The van der Waals surface area contributed by atoms with Gasteiger partial charge in [-0.15, -0.1) is 0 Å². The number of hydrogen-bond donors (Lipinski definition) is 1. The summed E-state index contributed by atoms with van der Waals surface area (Å²) >= 11 is 0. The van der Waals surface area contributed by atoms with Crippen molar-refractivity contribution in [2.75, 3.05) is 19.6 Å². The first kappa shape index (κ1) is 13.4. The summed E-state index contributed by atoms with van der Waals surface area (Å²) in [6, 6.07) is 1.54. The van der Waals surface area contributed by atoms with E-state index in [0.29, 0.717) is 5.41 Å². The lowest BCUT2D eigenvalue weighted by molar-refractivity contribution is 0.172. The molecule has 2 aliphatic rings. The molecule has 0 aromatic carbocycles. The van der Waals surface area contributed by atoms with Crippen LogP contribution in [-0.2, 0) is 0 Å². The maximum absolute atomic E-state index is 3.76. The molecule has 0 amide bonds. The summed E-state index contributed by atoms with van der Waals surface area (Å²) in [5.41, 5.74) is 0.467. The van der Waals surface area contributed by atoms with Gasteiger partial charge < -0.3 is 5.32 Å². The summed E-state index contributed by atoms with van der Waals surface area (Å²) in [6.45, 7) is 13.2. The van der Waals surface area contributed by atoms with Crippen molar-refractivity contribution in [2.24, 2.45) is 11.3 Å². The Bertz CT molecular complexity index is 240. The molecule has 0 aromatic heterocycles. The van der Waals surface area contributed by atoms with Crippen LogP contribution in [0.15, 0.2) is 0 Å². The zero-order valence-electron chi connectivity index (χ0n) is 12.1. The quantitative estimate of drug-likeness (QED) is 0.813. The molecule has 1 saturated heterocycles. The lowest BCUT2D eigenvalue weighted by Crippen LogP contribution is -2.42. The SMILES string of the molecule is CC1CCNC(C2CC2)CN1CCC(C)(C)C. The van der Waals surface area contributed by atoms with E-state index < -0.39 is 0 Å². The van der Waals surface area contributed by atoms with E-state index in [4.69, 9.17) is 0 Å². The van der Waals surface area contributed by atoms with Crippen molar-refractivity contribution in [3.63, 3.8) is 0 Å². The molecule has 0 aromatic rings. The lowest BCUT2D eigenvalue weighted by atomic mass is 9.92. The lowest BCUT2D eigenvalue weighted by Gasteiger charge is -2.31. The van der Waals surface area contributed by atoms with E-state index in [9.17, 15) is 0 Å². The van der Waals surface area contributed by atoms with Gasteiger partial charge in [-0.05, 0) is 57.0 Å². The molecule has 2 fully saturated rings. The summed E-state index contributed by atoms with van der Waals surface area (Å²) in [6.07, 6.45) is 5.54. The predicted molar refractivity (Wildman–Crippen MR) is 74.2 cm³/mol. The Morgan fingerprint density at radius 3 is 2.47 bits per heavy atom. The third-order valence-electron chi connectivity index (χ3n) is 4.36. The molecule has 2 heteroatoms. The summed E-state index contributed by atoms with van der Waals surface area (Å²) < 4.78 is 0. The van der Waals surface area contributed by atoms with Crippen LogP contribution in [-0.4, -0.2) is 36.6 Å². The molecular formula is C15H30N2. The maximum Gasteiger partial charge on any atom is 0.0223 e. The van der Waals surface area contributed by atoms with E-state index in [1.807, 2.05) is 0 Å². The van der Waals surface area contributed by atoms with E-state index in [0.717, 1.165) is 18.0 Å². The minimum atomic E-state index is 0.467. The fraction of sp³-hybridized carbons (Fsp3) is 1.00. The predicted octanol–water partition coefficient (Wildman–Crippen LogP) is 2.89. The molecule has 2 rings (SSSR count). The Morgan fingerprint density at radius 1 is 1.18 bits per heavy atom. The highest BCUT2D eigenvalue weighted by Crippen LogP contribution is 2.34. The Hall–Kier alpha value is -0.0800. The van der Waals surface area contributed by atoms with Crippen molar-refractivity contribution in [3.8, 4) is 0 Å². The van der Waals surface area contributed by atoms with Crippen LogP contribution >= 0.6 is 0 Å². The van der Waals surface area contributed by atoms with Gasteiger partial charge in [-0.3, -0.25) is 4.90 Å². The van der Waals surface area contributed by atoms with Gasteiger partial charge in [0.1, 0.15) is 0 Å². The smallest absolute Gasteiger partial charge is 0.0223 e. The fourth-order valence-corrected chi connectivity index (χ4v) is 2.76. The van der Waals surface area contributed by atoms with Crippen molar-refractivity contribution in [1.82, 2.24) is 10.2 Å². The van der Waals surface area contributed by atoms with Crippen molar-refractivity contribution >= 4 is 0 Å². The van der Waals surface area contributed by atoms with Gasteiger partial charge >= 0.3 is 0 Å². The number of rotatable bonds is 3. The number of nitrogens with zero attached hydrogens (tertiary/aromatic N) is 1. The second-order valence-corrected chi connectivity index (χ2v) is 7.34. The Kier molecular flexibility index (Phi) is 4.14. The van der Waals surface area contributed by atoms with E-state index >= 15 is 0 Å². The molecule has 1 aliphatic carbocycles. The molecule has 17 heavy (non-hydrogen) atoms. The molecule has 1 heterocycles. The molecule has 0 radical (unpaired) electrons. The third-order valence-corrected chi connectivity index (χ3v) is 4.36. The largest absolute Gasteiger partial charge is 0.312 e. The van der Waals surface area contributed by atoms with E-state index in [1.165, 1.54) is 45.3 Å². The second-order valence-electron chi connectivity index (χ2n) is 7.34. The van der Waals surface area contributed by atoms with Crippen LogP contribution in [0.2, 0.25) is 0 Å². The molecule has 0 spiro atoms. The highest BCUT2D eigenvalue weighted by molar-refractivity contribution is 4.91. The molecule has 2 unspecified atom stereocenters.